The molecule has 0 radical (unpaired) electrons. The zero-order valence-electron chi connectivity index (χ0n) is 20.1. The van der Waals surface area contributed by atoms with Crippen LogP contribution in [0.5, 0.6) is 5.75 Å². The number of anilines is 1. The monoisotopic (exact) mass is 551 g/mol. The summed E-state index contributed by atoms with van der Waals surface area (Å²) in [5.74, 6) is -1.01. The van der Waals surface area contributed by atoms with Crippen molar-refractivity contribution in [3.8, 4) is 34.2 Å². The van der Waals surface area contributed by atoms with Gasteiger partial charge < -0.3 is 25.9 Å². The number of nitriles is 1. The van der Waals surface area contributed by atoms with Gasteiger partial charge in [-0.05, 0) is 55.0 Å². The summed E-state index contributed by atoms with van der Waals surface area (Å²) in [4.78, 5) is 29.9. The normalized spacial score (nSPS) is 10.3. The van der Waals surface area contributed by atoms with E-state index in [-0.39, 0.29) is 46.9 Å². The van der Waals surface area contributed by atoms with Crippen LogP contribution < -0.4 is 16.4 Å². The SMILES string of the molecule is Cc1ccoc1C(=O)Nc1nc(-c2ccc(Cl)cc2O)cc(-c2cccc(C(=O)NCCN)c2)c1C#N.Cl. The average molecular weight is 552 g/mol. The molecule has 0 spiro atoms. The molecule has 0 unspecified atom stereocenters. The van der Waals surface area contributed by atoms with Crippen molar-refractivity contribution >= 4 is 41.6 Å². The number of hydrogen-bond acceptors (Lipinski definition) is 7. The van der Waals surface area contributed by atoms with Crippen LogP contribution in [0.15, 0.2) is 65.3 Å². The molecular weight excluding hydrogens is 529 g/mol. The van der Waals surface area contributed by atoms with E-state index >= 15 is 0 Å². The number of furan rings is 1. The van der Waals surface area contributed by atoms with Gasteiger partial charge in [0, 0.05) is 40.4 Å². The Morgan fingerprint density at radius 3 is 2.58 bits per heavy atom. The van der Waals surface area contributed by atoms with Crippen LogP contribution in [0.2, 0.25) is 5.02 Å². The van der Waals surface area contributed by atoms with Crippen molar-refractivity contribution in [1.82, 2.24) is 10.3 Å². The van der Waals surface area contributed by atoms with E-state index in [9.17, 15) is 20.0 Å². The standard InChI is InChI=1S/C27H22ClN5O4.ClH/c1-15-7-10-37-24(15)27(36)33-25-21(14-30)20(13-22(32-25)19-6-5-18(28)12-23(19)34)16-3-2-4-17(11-16)26(35)31-9-8-29;/h2-7,10-13,34H,8-9,29H2,1H3,(H,31,35)(H,32,33,36);1H. The molecule has 2 aromatic carbocycles. The number of nitrogens with one attached hydrogen (secondary N) is 2. The minimum Gasteiger partial charge on any atom is -0.507 e. The van der Waals surface area contributed by atoms with E-state index < -0.39 is 5.91 Å². The minimum absolute atomic E-state index is 0. The predicted molar refractivity (Wildman–Crippen MR) is 147 cm³/mol. The first-order valence-corrected chi connectivity index (χ1v) is 11.6. The summed E-state index contributed by atoms with van der Waals surface area (Å²) in [6, 6.07) is 16.5. The molecule has 0 aliphatic heterocycles. The van der Waals surface area contributed by atoms with Crippen LogP contribution in [0.1, 0.15) is 32.0 Å². The number of pyridine rings is 1. The Morgan fingerprint density at radius 1 is 1.13 bits per heavy atom. The summed E-state index contributed by atoms with van der Waals surface area (Å²) in [5.41, 5.74) is 8.03. The molecule has 2 amide bonds. The van der Waals surface area contributed by atoms with Gasteiger partial charge >= 0.3 is 0 Å². The first-order valence-electron chi connectivity index (χ1n) is 11.2. The molecular formula is C27H23Cl2N5O4. The third-order valence-electron chi connectivity index (χ3n) is 5.53. The number of rotatable bonds is 7. The Morgan fingerprint density at radius 2 is 1.92 bits per heavy atom. The fraction of sp³-hybridized carbons (Fsp3) is 0.111. The summed E-state index contributed by atoms with van der Waals surface area (Å²) in [5, 5.41) is 26.3. The number of phenols is 1. The topological polar surface area (TPSA) is 154 Å². The van der Waals surface area contributed by atoms with Crippen LogP contribution in [-0.4, -0.2) is 35.0 Å². The van der Waals surface area contributed by atoms with Crippen molar-refractivity contribution in [3.05, 3.63) is 88.3 Å². The maximum Gasteiger partial charge on any atom is 0.292 e. The molecule has 0 saturated heterocycles. The van der Waals surface area contributed by atoms with Crippen LogP contribution in [0.4, 0.5) is 5.82 Å². The van der Waals surface area contributed by atoms with Gasteiger partial charge in [-0.3, -0.25) is 9.59 Å². The molecule has 0 saturated carbocycles. The zero-order valence-corrected chi connectivity index (χ0v) is 21.7. The molecule has 0 aliphatic rings. The van der Waals surface area contributed by atoms with E-state index in [0.717, 1.165) is 0 Å². The van der Waals surface area contributed by atoms with Crippen molar-refractivity contribution in [1.29, 1.82) is 5.26 Å². The second kappa shape index (κ2) is 12.3. The summed E-state index contributed by atoms with van der Waals surface area (Å²) in [6.45, 7) is 2.32. The number of aromatic hydroxyl groups is 1. The smallest absolute Gasteiger partial charge is 0.292 e. The molecule has 194 valence electrons. The number of amides is 2. The van der Waals surface area contributed by atoms with Crippen LogP contribution >= 0.6 is 24.0 Å². The number of carbonyl (C=O) groups is 2. The largest absolute Gasteiger partial charge is 0.507 e. The van der Waals surface area contributed by atoms with Gasteiger partial charge in [-0.25, -0.2) is 4.98 Å². The molecule has 9 nitrogen and oxygen atoms in total. The second-order valence-electron chi connectivity index (χ2n) is 8.06. The number of benzene rings is 2. The lowest BCUT2D eigenvalue weighted by Crippen LogP contribution is -2.28. The van der Waals surface area contributed by atoms with Gasteiger partial charge in [-0.15, -0.1) is 12.4 Å². The quantitative estimate of drug-likeness (QED) is 0.254. The number of phenolic OH excluding ortho intramolecular Hbond substituents is 1. The van der Waals surface area contributed by atoms with Gasteiger partial charge in [-0.1, -0.05) is 23.7 Å². The van der Waals surface area contributed by atoms with Crippen molar-refractivity contribution in [2.75, 3.05) is 18.4 Å². The summed E-state index contributed by atoms with van der Waals surface area (Å²) in [6.07, 6.45) is 1.39. The Balaban J connectivity index is 0.00000400. The average Bonchev–Trinajstić information content (AvgIpc) is 3.32. The number of nitrogens with two attached hydrogens (primary N) is 1. The zero-order chi connectivity index (χ0) is 26.5. The van der Waals surface area contributed by atoms with E-state index in [2.05, 4.69) is 21.7 Å². The fourth-order valence-electron chi connectivity index (χ4n) is 3.72. The van der Waals surface area contributed by atoms with Crippen molar-refractivity contribution < 1.29 is 19.1 Å². The molecule has 2 heterocycles. The molecule has 0 bridgehead atoms. The summed E-state index contributed by atoms with van der Waals surface area (Å²) < 4.78 is 5.28. The van der Waals surface area contributed by atoms with E-state index in [4.69, 9.17) is 21.8 Å². The molecule has 11 heteroatoms. The van der Waals surface area contributed by atoms with Crippen LogP contribution in [0.25, 0.3) is 22.4 Å². The van der Waals surface area contributed by atoms with Gasteiger partial charge in [0.2, 0.25) is 0 Å². The molecule has 2 aromatic heterocycles. The lowest BCUT2D eigenvalue weighted by atomic mass is 9.96. The van der Waals surface area contributed by atoms with Gasteiger partial charge in [0.25, 0.3) is 11.8 Å². The number of aryl methyl sites for hydroxylation is 1. The van der Waals surface area contributed by atoms with Crippen molar-refractivity contribution in [3.63, 3.8) is 0 Å². The molecule has 4 aromatic rings. The second-order valence-corrected chi connectivity index (χ2v) is 8.50. The molecule has 5 N–H and O–H groups in total. The number of hydrogen-bond donors (Lipinski definition) is 4. The van der Waals surface area contributed by atoms with Gasteiger partial charge in [0.15, 0.2) is 11.6 Å². The first kappa shape index (κ1) is 28.2. The molecule has 0 aliphatic carbocycles. The number of halogens is 2. The highest BCUT2D eigenvalue weighted by Gasteiger charge is 2.21. The Hall–Kier alpha value is -4.36. The van der Waals surface area contributed by atoms with Crippen LogP contribution in [0.3, 0.4) is 0 Å². The molecule has 38 heavy (non-hydrogen) atoms. The summed E-state index contributed by atoms with van der Waals surface area (Å²) in [7, 11) is 0. The lowest BCUT2D eigenvalue weighted by Gasteiger charge is -2.15. The minimum atomic E-state index is -0.593. The Labute approximate surface area is 229 Å². The first-order chi connectivity index (χ1) is 17.8. The van der Waals surface area contributed by atoms with Crippen molar-refractivity contribution in [2.24, 2.45) is 5.73 Å². The van der Waals surface area contributed by atoms with Crippen LogP contribution in [0, 0.1) is 18.3 Å². The highest BCUT2D eigenvalue weighted by molar-refractivity contribution is 6.30. The predicted octanol–water partition coefficient (Wildman–Crippen LogP) is 4.91. The number of aromatic nitrogens is 1. The highest BCUT2D eigenvalue weighted by Crippen LogP contribution is 2.37. The molecule has 0 fully saturated rings. The summed E-state index contributed by atoms with van der Waals surface area (Å²) >= 11 is 6.00. The van der Waals surface area contributed by atoms with Gasteiger partial charge in [0.1, 0.15) is 17.4 Å². The third kappa shape index (κ3) is 5.95. The molecule has 4 rings (SSSR count). The number of carbonyl (C=O) groups excluding carboxylic acids is 2. The number of nitrogens with zero attached hydrogens (tertiary/aromatic N) is 2. The van der Waals surface area contributed by atoms with Crippen molar-refractivity contribution in [2.45, 2.75) is 6.92 Å². The highest BCUT2D eigenvalue weighted by atomic mass is 35.5. The Kier molecular flexibility index (Phi) is 9.10. The maximum absolute atomic E-state index is 12.9. The molecule has 0 atom stereocenters. The van der Waals surface area contributed by atoms with E-state index in [1.54, 1.807) is 55.5 Å². The van der Waals surface area contributed by atoms with Gasteiger partial charge in [0.05, 0.1) is 12.0 Å². The third-order valence-corrected chi connectivity index (χ3v) is 5.77. The maximum atomic E-state index is 12.9. The van der Waals surface area contributed by atoms with Crippen LogP contribution in [-0.2, 0) is 0 Å². The lowest BCUT2D eigenvalue weighted by molar-refractivity contribution is 0.0953. The fourth-order valence-corrected chi connectivity index (χ4v) is 3.89. The van der Waals surface area contributed by atoms with Gasteiger partial charge in [-0.2, -0.15) is 5.26 Å². The van der Waals surface area contributed by atoms with E-state index in [1.807, 2.05) is 0 Å². The van der Waals surface area contributed by atoms with E-state index in [0.29, 0.717) is 45.9 Å². The Bertz CT molecular complexity index is 1540. The van der Waals surface area contributed by atoms with E-state index in [1.165, 1.54) is 12.3 Å².